The van der Waals surface area contributed by atoms with Crippen molar-refractivity contribution in [3.8, 4) is 5.88 Å². The van der Waals surface area contributed by atoms with Crippen molar-refractivity contribution in [3.63, 3.8) is 0 Å². The van der Waals surface area contributed by atoms with Crippen LogP contribution in [0.2, 0.25) is 0 Å². The van der Waals surface area contributed by atoms with E-state index in [1.807, 2.05) is 12.1 Å². The highest BCUT2D eigenvalue weighted by molar-refractivity contribution is 14.0. The molecule has 2 rings (SSSR count). The summed E-state index contributed by atoms with van der Waals surface area (Å²) in [6, 6.07) is 3.96. The number of hydrogen-bond donors (Lipinski definition) is 2. The summed E-state index contributed by atoms with van der Waals surface area (Å²) in [6.45, 7) is 4.99. The molecule has 0 spiro atoms. The van der Waals surface area contributed by atoms with Crippen molar-refractivity contribution in [1.29, 1.82) is 0 Å². The zero-order chi connectivity index (χ0) is 14.9. The van der Waals surface area contributed by atoms with Gasteiger partial charge in [-0.25, -0.2) is 4.98 Å². The maximum atomic E-state index is 6.03. The lowest BCUT2D eigenvalue weighted by atomic mass is 10.2. The van der Waals surface area contributed by atoms with Crippen molar-refractivity contribution >= 4 is 29.9 Å². The number of ether oxygens (including phenoxy) is 1. The van der Waals surface area contributed by atoms with Gasteiger partial charge in [-0.2, -0.15) is 0 Å². The minimum absolute atomic E-state index is 0. The van der Waals surface area contributed by atoms with E-state index in [9.17, 15) is 0 Å². The minimum atomic E-state index is 0. The van der Waals surface area contributed by atoms with Gasteiger partial charge in [0.1, 0.15) is 6.10 Å². The standard InChI is InChI=1S/C16H24N4O.HI/c1-3-10-19-16(17-2)20-12-13-7-6-11-18-15(13)21-14-8-4-5-9-14;/h3,6-7,11,14H,1,4-5,8-10,12H2,2H3,(H2,17,19,20);1H. The number of rotatable bonds is 6. The minimum Gasteiger partial charge on any atom is -0.474 e. The van der Waals surface area contributed by atoms with Gasteiger partial charge in [0.25, 0.3) is 0 Å². The second-order valence-corrected chi connectivity index (χ2v) is 5.09. The van der Waals surface area contributed by atoms with Crippen LogP contribution in [0.15, 0.2) is 36.0 Å². The Morgan fingerprint density at radius 1 is 1.45 bits per heavy atom. The Labute approximate surface area is 149 Å². The molecule has 0 atom stereocenters. The summed E-state index contributed by atoms with van der Waals surface area (Å²) in [4.78, 5) is 8.53. The van der Waals surface area contributed by atoms with Crippen molar-refractivity contribution in [2.75, 3.05) is 13.6 Å². The molecule has 1 aliphatic carbocycles. The molecule has 6 heteroatoms. The SMILES string of the molecule is C=CCNC(=NC)NCc1cccnc1OC1CCCC1.I. The number of halogens is 1. The Kier molecular flexibility index (Phi) is 8.88. The zero-order valence-corrected chi connectivity index (χ0v) is 15.4. The molecule has 1 saturated carbocycles. The molecule has 0 bridgehead atoms. The summed E-state index contributed by atoms with van der Waals surface area (Å²) in [6.07, 6.45) is 8.66. The fourth-order valence-corrected chi connectivity index (χ4v) is 2.40. The summed E-state index contributed by atoms with van der Waals surface area (Å²) < 4.78 is 6.03. The summed E-state index contributed by atoms with van der Waals surface area (Å²) in [7, 11) is 1.75. The predicted molar refractivity (Wildman–Crippen MR) is 101 cm³/mol. The molecule has 122 valence electrons. The molecule has 5 nitrogen and oxygen atoms in total. The second-order valence-electron chi connectivity index (χ2n) is 5.09. The molecule has 1 heterocycles. The van der Waals surface area contributed by atoms with E-state index in [4.69, 9.17) is 4.74 Å². The zero-order valence-electron chi connectivity index (χ0n) is 13.0. The van der Waals surface area contributed by atoms with Gasteiger partial charge < -0.3 is 15.4 Å². The lowest BCUT2D eigenvalue weighted by molar-refractivity contribution is 0.199. The van der Waals surface area contributed by atoms with E-state index in [1.54, 1.807) is 19.3 Å². The number of guanidine groups is 1. The Bertz CT molecular complexity index is 487. The highest BCUT2D eigenvalue weighted by Gasteiger charge is 2.18. The van der Waals surface area contributed by atoms with Gasteiger partial charge in [-0.15, -0.1) is 30.6 Å². The number of aromatic nitrogens is 1. The van der Waals surface area contributed by atoms with Crippen LogP contribution in [0.5, 0.6) is 5.88 Å². The van der Waals surface area contributed by atoms with E-state index in [0.717, 1.165) is 30.2 Å². The van der Waals surface area contributed by atoms with Gasteiger partial charge in [-0.3, -0.25) is 4.99 Å². The van der Waals surface area contributed by atoms with Crippen LogP contribution in [0.3, 0.4) is 0 Å². The summed E-state index contributed by atoms with van der Waals surface area (Å²) in [5, 5.41) is 6.40. The van der Waals surface area contributed by atoms with Crippen molar-refractivity contribution in [2.45, 2.75) is 38.3 Å². The molecule has 22 heavy (non-hydrogen) atoms. The van der Waals surface area contributed by atoms with Crippen molar-refractivity contribution < 1.29 is 4.74 Å². The van der Waals surface area contributed by atoms with E-state index in [1.165, 1.54) is 12.8 Å². The normalized spacial score (nSPS) is 15.0. The Morgan fingerprint density at radius 2 is 2.23 bits per heavy atom. The number of hydrogen-bond acceptors (Lipinski definition) is 3. The highest BCUT2D eigenvalue weighted by atomic mass is 127. The van der Waals surface area contributed by atoms with Crippen LogP contribution in [0.4, 0.5) is 0 Å². The van der Waals surface area contributed by atoms with Crippen LogP contribution in [0.1, 0.15) is 31.2 Å². The van der Waals surface area contributed by atoms with E-state index < -0.39 is 0 Å². The van der Waals surface area contributed by atoms with Gasteiger partial charge in [0, 0.05) is 31.9 Å². The summed E-state index contributed by atoms with van der Waals surface area (Å²) in [5.41, 5.74) is 1.05. The quantitative estimate of drug-likeness (QED) is 0.324. The third-order valence-electron chi connectivity index (χ3n) is 3.51. The Hall–Kier alpha value is -1.31. The molecule has 1 aromatic rings. The van der Waals surface area contributed by atoms with Gasteiger partial charge in [0.05, 0.1) is 0 Å². The van der Waals surface area contributed by atoms with Crippen molar-refractivity contribution in [3.05, 3.63) is 36.5 Å². The predicted octanol–water partition coefficient (Wildman–Crippen LogP) is 2.87. The van der Waals surface area contributed by atoms with E-state index in [0.29, 0.717) is 19.2 Å². The first-order valence-corrected chi connectivity index (χ1v) is 7.49. The Balaban J connectivity index is 0.00000242. The van der Waals surface area contributed by atoms with Crippen LogP contribution in [-0.2, 0) is 6.54 Å². The Morgan fingerprint density at radius 3 is 2.91 bits per heavy atom. The van der Waals surface area contributed by atoms with Gasteiger partial charge >= 0.3 is 0 Å². The van der Waals surface area contributed by atoms with Crippen molar-refractivity contribution in [2.24, 2.45) is 4.99 Å². The molecule has 1 aromatic heterocycles. The lowest BCUT2D eigenvalue weighted by Crippen LogP contribution is -2.36. The molecule has 0 aromatic carbocycles. The van der Waals surface area contributed by atoms with Crippen LogP contribution in [0, 0.1) is 0 Å². The van der Waals surface area contributed by atoms with Crippen LogP contribution >= 0.6 is 24.0 Å². The fourth-order valence-electron chi connectivity index (χ4n) is 2.40. The summed E-state index contributed by atoms with van der Waals surface area (Å²) >= 11 is 0. The second kappa shape index (κ2) is 10.4. The average molecular weight is 416 g/mol. The molecule has 0 aliphatic heterocycles. The lowest BCUT2D eigenvalue weighted by Gasteiger charge is -2.16. The average Bonchev–Trinajstić information content (AvgIpc) is 3.02. The molecule has 0 saturated heterocycles. The largest absolute Gasteiger partial charge is 0.474 e. The number of pyridine rings is 1. The topological polar surface area (TPSA) is 58.5 Å². The number of nitrogens with one attached hydrogen (secondary N) is 2. The van der Waals surface area contributed by atoms with Gasteiger partial charge in [0.2, 0.25) is 5.88 Å². The third-order valence-corrected chi connectivity index (χ3v) is 3.51. The highest BCUT2D eigenvalue weighted by Crippen LogP contribution is 2.24. The fraction of sp³-hybridized carbons (Fsp3) is 0.500. The molecule has 0 unspecified atom stereocenters. The molecular weight excluding hydrogens is 391 g/mol. The van der Waals surface area contributed by atoms with Crippen LogP contribution in [0.25, 0.3) is 0 Å². The van der Waals surface area contributed by atoms with Gasteiger partial charge in [-0.1, -0.05) is 12.1 Å². The molecular formula is C16H25IN4O. The molecule has 0 amide bonds. The molecule has 1 aliphatic rings. The first-order valence-electron chi connectivity index (χ1n) is 7.49. The van der Waals surface area contributed by atoms with Gasteiger partial charge in [0.15, 0.2) is 5.96 Å². The maximum absolute atomic E-state index is 6.03. The van der Waals surface area contributed by atoms with E-state index in [-0.39, 0.29) is 24.0 Å². The number of aliphatic imine (C=N–C) groups is 1. The van der Waals surface area contributed by atoms with Crippen LogP contribution < -0.4 is 15.4 Å². The molecule has 1 fully saturated rings. The van der Waals surface area contributed by atoms with E-state index >= 15 is 0 Å². The maximum Gasteiger partial charge on any atom is 0.218 e. The molecule has 2 N–H and O–H groups in total. The summed E-state index contributed by atoms with van der Waals surface area (Å²) in [5.74, 6) is 1.47. The number of nitrogens with zero attached hydrogens (tertiary/aromatic N) is 2. The molecule has 0 radical (unpaired) electrons. The third kappa shape index (κ3) is 5.82. The van der Waals surface area contributed by atoms with E-state index in [2.05, 4.69) is 27.2 Å². The first kappa shape index (κ1) is 18.7. The smallest absolute Gasteiger partial charge is 0.218 e. The first-order chi connectivity index (χ1) is 10.3. The van der Waals surface area contributed by atoms with Gasteiger partial charge in [-0.05, 0) is 31.7 Å². The monoisotopic (exact) mass is 416 g/mol. The van der Waals surface area contributed by atoms with Crippen molar-refractivity contribution in [1.82, 2.24) is 15.6 Å². The van der Waals surface area contributed by atoms with Crippen LogP contribution in [-0.4, -0.2) is 30.6 Å².